The van der Waals surface area contributed by atoms with Crippen LogP contribution in [0.4, 0.5) is 0 Å². The molecule has 0 unspecified atom stereocenters. The Morgan fingerprint density at radius 2 is 1.04 bits per heavy atom. The molecule has 0 spiro atoms. The second kappa shape index (κ2) is 30.6. The number of amides is 5. The summed E-state index contributed by atoms with van der Waals surface area (Å²) in [5.74, 6) is -5.35. The predicted molar refractivity (Wildman–Crippen MR) is 246 cm³/mol. The average Bonchev–Trinajstić information content (AvgIpc) is 3.76. The van der Waals surface area contributed by atoms with E-state index in [1.54, 1.807) is 0 Å². The number of imide groups is 1. The van der Waals surface area contributed by atoms with Gasteiger partial charge in [0, 0.05) is 51.6 Å². The molecule has 5 aliphatic rings. The molecule has 78 heavy (non-hydrogen) atoms. The number of carbonyl (C=O) groups excluding carboxylic acids is 7. The standard InChI is InChI=1S/C45H72N4O29/c1-18-30(59)34(63)37(66)42(73-18)70-13-11-46-24(53)3-2-4-26(55)48-19(20(52)6-10-29(58)78-49-27(56)8-9-28(49)57)5-7-25(54)47-12-14-71-44-40(69)41(77-45-39(68)36(65)32(61)22(16-51)75-45)33(62)23(76-44)17-72-43-38(67)35(64)31(60)21(15-50)74-43/h18-19,21-23,30-45,50-51,59-69H,2-17H2,1H3,(H,46,53)(H,47,54)(H,48,55)/t18-,19-,21+,22+,23+,30+,31+,32+,33+,34+,35-,36-,37-,38-,39-,40-,41-,42+,43-,44-,45+/m0/s1. The summed E-state index contributed by atoms with van der Waals surface area (Å²) in [6, 6.07) is -1.40. The lowest BCUT2D eigenvalue weighted by atomic mass is 9.96. The molecule has 5 aliphatic heterocycles. The normalized spacial score (nSPS) is 36.7. The number of aliphatic hydroxyl groups excluding tert-OH is 13. The minimum atomic E-state index is -2.00. The second-order valence-corrected chi connectivity index (χ2v) is 19.0. The molecule has 0 aromatic rings. The lowest BCUT2D eigenvalue weighted by Gasteiger charge is -2.46. The van der Waals surface area contributed by atoms with E-state index < -0.39 is 216 Å². The fourth-order valence-corrected chi connectivity index (χ4v) is 8.60. The number of nitrogens with zero attached hydrogens (tertiary/aromatic N) is 1. The van der Waals surface area contributed by atoms with Crippen LogP contribution in [-0.2, 0) is 76.3 Å². The maximum Gasteiger partial charge on any atom is 0.333 e. The monoisotopic (exact) mass is 1130 g/mol. The van der Waals surface area contributed by atoms with Crippen molar-refractivity contribution in [2.75, 3.05) is 46.1 Å². The maximum absolute atomic E-state index is 13.4. The number of ether oxygens (including phenoxy) is 8. The fourth-order valence-electron chi connectivity index (χ4n) is 8.60. The van der Waals surface area contributed by atoms with Crippen molar-refractivity contribution in [1.82, 2.24) is 21.0 Å². The number of hydrogen-bond acceptors (Lipinski definition) is 29. The largest absolute Gasteiger partial charge is 0.394 e. The van der Waals surface area contributed by atoms with Gasteiger partial charge >= 0.3 is 5.97 Å². The summed E-state index contributed by atoms with van der Waals surface area (Å²) in [6.07, 6.45) is -36.2. The Bertz CT molecular complexity index is 1970. The minimum absolute atomic E-state index is 0.0266. The van der Waals surface area contributed by atoms with Crippen LogP contribution in [0.15, 0.2) is 0 Å². The van der Waals surface area contributed by atoms with Crippen LogP contribution in [0.25, 0.3) is 0 Å². The van der Waals surface area contributed by atoms with Crippen LogP contribution < -0.4 is 16.0 Å². The van der Waals surface area contributed by atoms with Crippen molar-refractivity contribution < 1.29 is 143 Å². The molecule has 0 aliphatic carbocycles. The van der Waals surface area contributed by atoms with Gasteiger partial charge in [0.2, 0.25) is 17.7 Å². The summed E-state index contributed by atoms with van der Waals surface area (Å²) in [6.45, 7) is -1.96. The molecule has 5 amide bonds. The zero-order valence-corrected chi connectivity index (χ0v) is 42.2. The molecule has 5 fully saturated rings. The first kappa shape index (κ1) is 64.7. The molecule has 0 radical (unpaired) electrons. The zero-order valence-electron chi connectivity index (χ0n) is 42.2. The highest BCUT2D eigenvalue weighted by Gasteiger charge is 2.52. The van der Waals surface area contributed by atoms with E-state index in [-0.39, 0.29) is 63.3 Å². The van der Waals surface area contributed by atoms with E-state index >= 15 is 0 Å². The number of hydrogen-bond donors (Lipinski definition) is 16. The Kier molecular flexibility index (Phi) is 25.4. The maximum atomic E-state index is 13.4. The summed E-state index contributed by atoms with van der Waals surface area (Å²) in [5.41, 5.74) is 0. The van der Waals surface area contributed by atoms with E-state index in [0.29, 0.717) is 0 Å². The molecule has 0 saturated carbocycles. The smallest absolute Gasteiger partial charge is 0.333 e. The molecule has 33 nitrogen and oxygen atoms in total. The second-order valence-electron chi connectivity index (χ2n) is 19.0. The van der Waals surface area contributed by atoms with Crippen LogP contribution in [0.3, 0.4) is 0 Å². The van der Waals surface area contributed by atoms with E-state index in [0.717, 1.165) is 0 Å². The SMILES string of the molecule is C[C@@H]1O[C@@H](OCCNC(=O)CCCC(=O)N[C@@H](CCC(=O)NCCO[C@H]2O[C@H](CO[C@H]3O[C@H](CO)[C@@H](O)[C@H](O)[C@@H]3O)[C@@H](O)[C@H](O[C@H]3O[C@H](CO)[C@@H](O)[C@H](O)[C@@H]3O)[C@@H]2O)C(=O)CCC(=O)ON2C(=O)CCC2=O)[C@@H](O)[C@H](O)[C@@H]1O. The van der Waals surface area contributed by atoms with Crippen LogP contribution in [0.5, 0.6) is 0 Å². The highest BCUT2D eigenvalue weighted by molar-refractivity contribution is 6.01. The third-order valence-electron chi connectivity index (χ3n) is 13.2. The summed E-state index contributed by atoms with van der Waals surface area (Å²) < 4.78 is 44.0. The van der Waals surface area contributed by atoms with Gasteiger partial charge in [-0.25, -0.2) is 4.79 Å². The van der Waals surface area contributed by atoms with Crippen LogP contribution in [0.1, 0.15) is 64.7 Å². The van der Waals surface area contributed by atoms with Crippen molar-refractivity contribution in [3.63, 3.8) is 0 Å². The highest BCUT2D eigenvalue weighted by atomic mass is 16.8. The Balaban J connectivity index is 1.14. The van der Waals surface area contributed by atoms with Crippen molar-refractivity contribution in [3.8, 4) is 0 Å². The quantitative estimate of drug-likeness (QED) is 0.0255. The van der Waals surface area contributed by atoms with Crippen molar-refractivity contribution in [3.05, 3.63) is 0 Å². The molecular weight excluding hydrogens is 1060 g/mol. The first-order chi connectivity index (χ1) is 37.0. The zero-order chi connectivity index (χ0) is 57.5. The summed E-state index contributed by atoms with van der Waals surface area (Å²) in [4.78, 5) is 93.1. The number of carbonyl (C=O) groups is 7. The third kappa shape index (κ3) is 17.4. The Labute approximate surface area is 444 Å². The number of rotatable bonds is 28. The molecule has 0 bridgehead atoms. The Morgan fingerprint density at radius 3 is 1.62 bits per heavy atom. The molecular formula is C45H72N4O29. The number of Topliss-reactive ketones (excluding diaryl/α,β-unsaturated/α-hetero) is 1. The molecule has 5 saturated heterocycles. The number of aliphatic hydroxyl groups is 13. The summed E-state index contributed by atoms with van der Waals surface area (Å²) in [7, 11) is 0. The van der Waals surface area contributed by atoms with Gasteiger partial charge < -0.3 is 125 Å². The van der Waals surface area contributed by atoms with Gasteiger partial charge in [-0.15, -0.1) is 5.06 Å². The Hall–Kier alpha value is -4.15. The van der Waals surface area contributed by atoms with Gasteiger partial charge in [0.05, 0.1) is 51.6 Å². The molecule has 33 heteroatoms. The number of nitrogens with one attached hydrogen (secondary N) is 3. The van der Waals surface area contributed by atoms with Crippen molar-refractivity contribution in [1.29, 1.82) is 0 Å². The van der Waals surface area contributed by atoms with E-state index in [9.17, 15) is 99.9 Å². The fraction of sp³-hybridized carbons (Fsp3) is 0.844. The topological polar surface area (TPSA) is 505 Å². The van der Waals surface area contributed by atoms with E-state index in [1.165, 1.54) is 6.92 Å². The number of ketones is 1. The lowest BCUT2D eigenvalue weighted by molar-refractivity contribution is -0.366. The lowest BCUT2D eigenvalue weighted by Crippen LogP contribution is -2.65. The van der Waals surface area contributed by atoms with Gasteiger partial charge in [0.25, 0.3) is 11.8 Å². The molecule has 5 rings (SSSR count). The van der Waals surface area contributed by atoms with Gasteiger partial charge in [-0.05, 0) is 19.8 Å². The Morgan fingerprint density at radius 1 is 0.551 bits per heavy atom. The van der Waals surface area contributed by atoms with Gasteiger partial charge in [-0.3, -0.25) is 28.8 Å². The molecule has 16 N–H and O–H groups in total. The molecule has 0 aromatic heterocycles. The first-order valence-electron chi connectivity index (χ1n) is 25.2. The van der Waals surface area contributed by atoms with Crippen LogP contribution in [0.2, 0.25) is 0 Å². The van der Waals surface area contributed by atoms with Crippen LogP contribution >= 0.6 is 0 Å². The first-order valence-corrected chi connectivity index (χ1v) is 25.2. The molecule has 5 heterocycles. The highest BCUT2D eigenvalue weighted by Crippen LogP contribution is 2.31. The minimum Gasteiger partial charge on any atom is -0.394 e. The van der Waals surface area contributed by atoms with Crippen molar-refractivity contribution in [2.45, 2.75) is 194 Å². The van der Waals surface area contributed by atoms with Crippen molar-refractivity contribution >= 4 is 41.3 Å². The average molecular weight is 1130 g/mol. The van der Waals surface area contributed by atoms with Gasteiger partial charge in [-0.1, -0.05) is 0 Å². The molecule has 21 atom stereocenters. The van der Waals surface area contributed by atoms with E-state index in [2.05, 4.69) is 16.0 Å². The molecule has 0 aromatic carbocycles. The van der Waals surface area contributed by atoms with Gasteiger partial charge in [-0.2, -0.15) is 0 Å². The number of hydroxylamine groups is 2. The van der Waals surface area contributed by atoms with Crippen LogP contribution in [-0.4, -0.2) is 288 Å². The van der Waals surface area contributed by atoms with Crippen molar-refractivity contribution in [2.24, 2.45) is 0 Å². The van der Waals surface area contributed by atoms with Gasteiger partial charge in [0.1, 0.15) is 91.6 Å². The van der Waals surface area contributed by atoms with Crippen LogP contribution in [0, 0.1) is 0 Å². The predicted octanol–water partition coefficient (Wildman–Crippen LogP) is -10.1. The van der Waals surface area contributed by atoms with Gasteiger partial charge in [0.15, 0.2) is 30.9 Å². The summed E-state index contributed by atoms with van der Waals surface area (Å²) >= 11 is 0. The van der Waals surface area contributed by atoms with E-state index in [4.69, 9.17) is 42.7 Å². The molecule has 446 valence electrons. The third-order valence-corrected chi connectivity index (χ3v) is 13.2. The van der Waals surface area contributed by atoms with E-state index in [1.807, 2.05) is 0 Å². The summed E-state index contributed by atoms with van der Waals surface area (Å²) in [5, 5.41) is 141.